The molecule has 2 aliphatic heterocycles. The first-order chi connectivity index (χ1) is 18.2. The molecule has 0 spiro atoms. The number of hydrogen-bond donors (Lipinski definition) is 0. The molecule has 1 aromatic rings. The number of hydrogen-bond acceptors (Lipinski definition) is 6. The van der Waals surface area contributed by atoms with Gasteiger partial charge in [0.05, 0.1) is 35.2 Å². The average molecular weight is 543 g/mol. The summed E-state index contributed by atoms with van der Waals surface area (Å²) in [4.78, 5) is 35.8. The van der Waals surface area contributed by atoms with Gasteiger partial charge < -0.3 is 4.90 Å². The van der Waals surface area contributed by atoms with E-state index in [1.165, 1.54) is 64.2 Å². The number of carbonyl (C=O) groups is 2. The quantitative estimate of drug-likeness (QED) is 0.509. The summed E-state index contributed by atoms with van der Waals surface area (Å²) in [7, 11) is -3.76. The van der Waals surface area contributed by atoms with Gasteiger partial charge in [0.15, 0.2) is 0 Å². The van der Waals surface area contributed by atoms with Gasteiger partial charge in [-0.05, 0) is 49.8 Å². The van der Waals surface area contributed by atoms with Gasteiger partial charge in [-0.1, -0.05) is 52.4 Å². The van der Waals surface area contributed by atoms with Crippen molar-refractivity contribution >= 4 is 21.8 Å². The summed E-state index contributed by atoms with van der Waals surface area (Å²) in [5, 5.41) is 0. The number of amides is 2. The second kappa shape index (κ2) is 11.1. The molecule has 1 saturated heterocycles. The van der Waals surface area contributed by atoms with E-state index in [1.807, 2.05) is 26.0 Å². The van der Waals surface area contributed by atoms with Crippen LogP contribution in [0.5, 0.6) is 0 Å². The van der Waals surface area contributed by atoms with Crippen molar-refractivity contribution in [3.05, 3.63) is 41.4 Å². The smallest absolute Gasteiger partial charge is 0.256 e. The highest BCUT2D eigenvalue weighted by atomic mass is 32.2. The molecule has 2 amide bonds. The monoisotopic (exact) mass is 542 g/mol. The van der Waals surface area contributed by atoms with Crippen LogP contribution in [-0.4, -0.2) is 70.2 Å². The number of nitrogens with zero attached hydrogens (tertiary/aromatic N) is 4. The van der Waals surface area contributed by atoms with E-state index in [4.69, 9.17) is 4.98 Å². The Bertz CT molecular complexity index is 1150. The van der Waals surface area contributed by atoms with E-state index in [0.717, 1.165) is 22.8 Å². The van der Waals surface area contributed by atoms with E-state index in [-0.39, 0.29) is 18.4 Å². The summed E-state index contributed by atoms with van der Waals surface area (Å²) in [6, 6.07) is 4.48. The molecule has 0 N–H and O–H groups in total. The number of rotatable bonds is 7. The molecule has 208 valence electrons. The number of carbonyl (C=O) groups excluding carboxylic acids is 2. The third-order valence-electron chi connectivity index (χ3n) is 9.01. The maximum absolute atomic E-state index is 13.6. The van der Waals surface area contributed by atoms with E-state index < -0.39 is 27.9 Å². The van der Waals surface area contributed by atoms with Gasteiger partial charge in [0.25, 0.3) is 5.91 Å². The van der Waals surface area contributed by atoms with Crippen LogP contribution < -0.4 is 0 Å². The lowest BCUT2D eigenvalue weighted by Gasteiger charge is -2.41. The van der Waals surface area contributed by atoms with E-state index in [1.54, 1.807) is 17.2 Å². The van der Waals surface area contributed by atoms with E-state index in [0.29, 0.717) is 23.3 Å². The first kappa shape index (κ1) is 27.3. The Morgan fingerprint density at radius 2 is 1.63 bits per heavy atom. The van der Waals surface area contributed by atoms with Crippen molar-refractivity contribution in [3.63, 3.8) is 0 Å². The summed E-state index contributed by atoms with van der Waals surface area (Å²) in [6.45, 7) is 4.89. The summed E-state index contributed by atoms with van der Waals surface area (Å²) >= 11 is 0. The molecule has 0 bridgehead atoms. The fraction of sp³-hybridized carbons (Fsp3) is 0.690. The van der Waals surface area contributed by atoms with Crippen LogP contribution in [0.25, 0.3) is 0 Å². The largest absolute Gasteiger partial charge is 0.325 e. The zero-order valence-electron chi connectivity index (χ0n) is 23.0. The minimum absolute atomic E-state index is 0.109. The highest BCUT2D eigenvalue weighted by Crippen LogP contribution is 2.42. The molecule has 1 aromatic heterocycles. The first-order valence-electron chi connectivity index (χ1n) is 14.4. The van der Waals surface area contributed by atoms with Crippen LogP contribution in [-0.2, 0) is 21.4 Å². The van der Waals surface area contributed by atoms with Gasteiger partial charge >= 0.3 is 0 Å². The molecular weight excluding hydrogens is 500 g/mol. The topological polar surface area (TPSA) is 90.9 Å². The SMILES string of the molecule is CC(C)[C@H]1C(=O)N(S(C)(=O)=O)C2=CCN(C(=O)c3ccc(CN(C4CCCCC4)C4CCCCC4)nc3)[C@@H]21. The molecule has 0 radical (unpaired) electrons. The summed E-state index contributed by atoms with van der Waals surface area (Å²) in [6.07, 6.45) is 17.3. The minimum atomic E-state index is -3.76. The Kier molecular flexibility index (Phi) is 7.96. The molecule has 2 saturated carbocycles. The Hall–Kier alpha value is -2.26. The maximum Gasteiger partial charge on any atom is 0.256 e. The molecule has 0 unspecified atom stereocenters. The van der Waals surface area contributed by atoms with Gasteiger partial charge in [-0.3, -0.25) is 19.5 Å². The standard InChI is InChI=1S/C29H42N4O4S/c1-20(2)26-27-25(33(29(26)35)38(3,36)37)16-17-31(27)28(34)21-14-15-22(30-18-21)19-32(23-10-6-4-7-11-23)24-12-8-5-9-13-24/h14-16,18,20,23-24,26-27H,4-13,17,19H2,1-3H3/t26-,27+/m1/s1. The lowest BCUT2D eigenvalue weighted by atomic mass is 9.88. The molecule has 9 heteroatoms. The van der Waals surface area contributed by atoms with Crippen molar-refractivity contribution in [3.8, 4) is 0 Å². The van der Waals surface area contributed by atoms with Gasteiger partial charge in [0.2, 0.25) is 15.9 Å². The van der Waals surface area contributed by atoms with Crippen LogP contribution >= 0.6 is 0 Å². The van der Waals surface area contributed by atoms with Gasteiger partial charge in [-0.25, -0.2) is 12.7 Å². The number of aromatic nitrogens is 1. The van der Waals surface area contributed by atoms with Crippen LogP contribution in [0.15, 0.2) is 30.1 Å². The van der Waals surface area contributed by atoms with Crippen molar-refractivity contribution in [2.45, 2.75) is 103 Å². The van der Waals surface area contributed by atoms with Gasteiger partial charge in [0, 0.05) is 31.4 Å². The molecule has 38 heavy (non-hydrogen) atoms. The summed E-state index contributed by atoms with van der Waals surface area (Å²) < 4.78 is 25.7. The Morgan fingerprint density at radius 3 is 2.13 bits per heavy atom. The van der Waals surface area contributed by atoms with E-state index in [9.17, 15) is 18.0 Å². The first-order valence-corrected chi connectivity index (χ1v) is 16.3. The molecule has 5 rings (SSSR count). The van der Waals surface area contributed by atoms with Gasteiger partial charge in [0.1, 0.15) is 0 Å². The molecule has 2 aliphatic carbocycles. The predicted octanol–water partition coefficient (Wildman–Crippen LogP) is 4.33. The van der Waals surface area contributed by atoms with Crippen molar-refractivity contribution in [1.29, 1.82) is 0 Å². The van der Waals surface area contributed by atoms with Gasteiger partial charge in [-0.15, -0.1) is 0 Å². The zero-order chi connectivity index (χ0) is 27.0. The zero-order valence-corrected chi connectivity index (χ0v) is 23.8. The molecule has 8 nitrogen and oxygen atoms in total. The van der Waals surface area contributed by atoms with Crippen molar-refractivity contribution in [2.24, 2.45) is 11.8 Å². The van der Waals surface area contributed by atoms with Crippen molar-refractivity contribution in [2.75, 3.05) is 12.8 Å². The molecular formula is C29H42N4O4S. The average Bonchev–Trinajstić information content (AvgIpc) is 3.44. The Balaban J connectivity index is 1.33. The lowest BCUT2D eigenvalue weighted by molar-refractivity contribution is -0.128. The second-order valence-electron chi connectivity index (χ2n) is 12.0. The fourth-order valence-electron chi connectivity index (χ4n) is 7.16. The predicted molar refractivity (Wildman–Crippen MR) is 146 cm³/mol. The second-order valence-corrected chi connectivity index (χ2v) is 13.8. The summed E-state index contributed by atoms with van der Waals surface area (Å²) in [5.74, 6) is -1.36. The summed E-state index contributed by atoms with van der Waals surface area (Å²) in [5.41, 5.74) is 1.86. The third kappa shape index (κ3) is 5.28. The van der Waals surface area contributed by atoms with Crippen LogP contribution in [0.4, 0.5) is 0 Å². The number of sulfonamides is 1. The molecule has 4 aliphatic rings. The fourth-order valence-corrected chi connectivity index (χ4v) is 8.17. The highest BCUT2D eigenvalue weighted by molar-refractivity contribution is 7.89. The Labute approximate surface area is 227 Å². The van der Waals surface area contributed by atoms with E-state index in [2.05, 4.69) is 4.90 Å². The van der Waals surface area contributed by atoms with Crippen LogP contribution in [0.3, 0.4) is 0 Å². The highest BCUT2D eigenvalue weighted by Gasteiger charge is 2.54. The minimum Gasteiger partial charge on any atom is -0.325 e. The van der Waals surface area contributed by atoms with Crippen molar-refractivity contribution in [1.82, 2.24) is 19.1 Å². The normalized spacial score (nSPS) is 25.4. The lowest BCUT2D eigenvalue weighted by Crippen LogP contribution is -2.44. The molecule has 2 atom stereocenters. The molecule has 0 aromatic carbocycles. The van der Waals surface area contributed by atoms with Crippen LogP contribution in [0.1, 0.15) is 94.1 Å². The molecule has 3 heterocycles. The van der Waals surface area contributed by atoms with Crippen LogP contribution in [0.2, 0.25) is 0 Å². The molecule has 3 fully saturated rings. The number of fused-ring (bicyclic) bond motifs is 1. The van der Waals surface area contributed by atoms with Crippen molar-refractivity contribution < 1.29 is 18.0 Å². The van der Waals surface area contributed by atoms with Crippen LogP contribution in [0, 0.1) is 11.8 Å². The maximum atomic E-state index is 13.6. The Morgan fingerprint density at radius 1 is 1.03 bits per heavy atom. The van der Waals surface area contributed by atoms with Gasteiger partial charge in [-0.2, -0.15) is 0 Å². The van der Waals surface area contributed by atoms with E-state index >= 15 is 0 Å². The number of pyridine rings is 1. The third-order valence-corrected chi connectivity index (χ3v) is 10.1.